The van der Waals surface area contributed by atoms with Crippen LogP contribution in [-0.2, 0) is 21.2 Å². The SMILES string of the molecule is O=C1OCCOc2ccccc2-c2cccc(c2F)CC2C(NS(=O)(=O)C(F)F)CCCN12. The van der Waals surface area contributed by atoms with Crippen LogP contribution in [0.3, 0.4) is 0 Å². The second-order valence-corrected chi connectivity index (χ2v) is 9.56. The molecule has 33 heavy (non-hydrogen) atoms. The Kier molecular flexibility index (Phi) is 6.80. The zero-order valence-corrected chi connectivity index (χ0v) is 18.4. The number of amides is 1. The van der Waals surface area contributed by atoms with Crippen molar-refractivity contribution in [2.75, 3.05) is 19.8 Å². The van der Waals surface area contributed by atoms with Gasteiger partial charge in [0, 0.05) is 23.7 Å². The van der Waals surface area contributed by atoms with Crippen LogP contribution in [0, 0.1) is 5.82 Å². The third-order valence-corrected chi connectivity index (χ3v) is 6.92. The largest absolute Gasteiger partial charge is 0.489 e. The first-order valence-corrected chi connectivity index (χ1v) is 12.0. The predicted octanol–water partition coefficient (Wildman–Crippen LogP) is 3.54. The fourth-order valence-electron chi connectivity index (χ4n) is 4.29. The molecule has 0 spiro atoms. The summed E-state index contributed by atoms with van der Waals surface area (Å²) in [6, 6.07) is 9.69. The molecule has 2 aliphatic rings. The molecular weight excluding hydrogens is 461 g/mol. The number of nitrogens with zero attached hydrogens (tertiary/aromatic N) is 1. The topological polar surface area (TPSA) is 84.9 Å². The molecule has 4 rings (SSSR count). The van der Waals surface area contributed by atoms with Crippen molar-refractivity contribution in [3.8, 4) is 16.9 Å². The first kappa shape index (κ1) is 23.4. The van der Waals surface area contributed by atoms with Crippen LogP contribution in [-0.4, -0.2) is 57.0 Å². The lowest BCUT2D eigenvalue weighted by Crippen LogP contribution is -2.58. The number of cyclic esters (lactones) is 1. The van der Waals surface area contributed by atoms with E-state index in [1.165, 1.54) is 11.0 Å². The highest BCUT2D eigenvalue weighted by molar-refractivity contribution is 7.89. The third kappa shape index (κ3) is 4.93. The average Bonchev–Trinajstić information content (AvgIpc) is 2.79. The number of benzene rings is 2. The van der Waals surface area contributed by atoms with E-state index in [1.54, 1.807) is 36.4 Å². The van der Waals surface area contributed by atoms with Gasteiger partial charge in [0.05, 0.1) is 6.04 Å². The number of para-hydroxylation sites is 1. The van der Waals surface area contributed by atoms with Crippen molar-refractivity contribution in [2.45, 2.75) is 37.1 Å². The summed E-state index contributed by atoms with van der Waals surface area (Å²) in [5, 5.41) is 0. The van der Waals surface area contributed by atoms with E-state index < -0.39 is 39.8 Å². The average molecular weight is 484 g/mol. The molecule has 2 heterocycles. The third-order valence-electron chi connectivity index (χ3n) is 5.82. The van der Waals surface area contributed by atoms with Crippen molar-refractivity contribution in [1.29, 1.82) is 0 Å². The molecule has 1 N–H and O–H groups in total. The number of rotatable bonds is 3. The Labute approximate surface area is 189 Å². The van der Waals surface area contributed by atoms with E-state index in [2.05, 4.69) is 0 Å². The molecule has 2 aromatic rings. The van der Waals surface area contributed by atoms with Gasteiger partial charge in [-0.2, -0.15) is 8.78 Å². The van der Waals surface area contributed by atoms with Gasteiger partial charge < -0.3 is 14.4 Å². The predicted molar refractivity (Wildman–Crippen MR) is 114 cm³/mol. The number of nitrogens with one attached hydrogen (secondary N) is 1. The summed E-state index contributed by atoms with van der Waals surface area (Å²) < 4.78 is 78.4. The van der Waals surface area contributed by atoms with Crippen molar-refractivity contribution in [2.24, 2.45) is 0 Å². The van der Waals surface area contributed by atoms with Gasteiger partial charge in [-0.25, -0.2) is 22.3 Å². The highest BCUT2D eigenvalue weighted by Crippen LogP contribution is 2.34. The standard InChI is InChI=1S/C22H23F3N2O5S/c23-20-14-5-3-7-16(20)15-6-1-2-9-19(15)31-11-12-32-22(28)27-10-4-8-17(18(27)13-14)26-33(29,30)21(24)25/h1-3,5-7,9,17-18,21,26H,4,8,10-13H2. The Balaban J connectivity index is 1.77. The van der Waals surface area contributed by atoms with Crippen molar-refractivity contribution >= 4 is 16.1 Å². The molecule has 2 unspecified atom stereocenters. The van der Waals surface area contributed by atoms with Crippen molar-refractivity contribution in [3.05, 3.63) is 53.8 Å². The van der Waals surface area contributed by atoms with Crippen LogP contribution in [0.2, 0.25) is 0 Å². The van der Waals surface area contributed by atoms with Gasteiger partial charge in [0.25, 0.3) is 10.0 Å². The lowest BCUT2D eigenvalue weighted by Gasteiger charge is -2.40. The minimum absolute atomic E-state index is 0.0179. The summed E-state index contributed by atoms with van der Waals surface area (Å²) in [7, 11) is -4.92. The molecule has 2 atom stereocenters. The molecule has 2 bridgehead atoms. The minimum Gasteiger partial charge on any atom is -0.489 e. The van der Waals surface area contributed by atoms with Crippen molar-refractivity contribution < 1.29 is 35.9 Å². The van der Waals surface area contributed by atoms with E-state index in [0.29, 0.717) is 17.7 Å². The molecule has 1 amide bonds. The normalized spacial score (nSPS) is 21.6. The number of sulfonamides is 1. The number of halogens is 3. The number of hydrogen-bond donors (Lipinski definition) is 1. The maximum atomic E-state index is 15.6. The Morgan fingerprint density at radius 2 is 1.76 bits per heavy atom. The summed E-state index contributed by atoms with van der Waals surface area (Å²) in [4.78, 5) is 14.1. The first-order chi connectivity index (χ1) is 15.8. The second-order valence-electron chi connectivity index (χ2n) is 7.87. The first-order valence-electron chi connectivity index (χ1n) is 10.5. The van der Waals surface area contributed by atoms with Gasteiger partial charge in [-0.1, -0.05) is 36.4 Å². The maximum Gasteiger partial charge on any atom is 0.410 e. The number of ether oxygens (including phenoxy) is 2. The smallest absolute Gasteiger partial charge is 0.410 e. The molecule has 1 saturated heterocycles. The molecule has 0 aromatic heterocycles. The van der Waals surface area contributed by atoms with Gasteiger partial charge in [-0.05, 0) is 30.9 Å². The van der Waals surface area contributed by atoms with Gasteiger partial charge >= 0.3 is 11.9 Å². The minimum atomic E-state index is -4.92. The second kappa shape index (κ2) is 9.60. The van der Waals surface area contributed by atoms with Crippen LogP contribution < -0.4 is 9.46 Å². The van der Waals surface area contributed by atoms with Crippen molar-refractivity contribution in [3.63, 3.8) is 0 Å². The highest BCUT2D eigenvalue weighted by Gasteiger charge is 2.39. The van der Waals surface area contributed by atoms with Crippen molar-refractivity contribution in [1.82, 2.24) is 9.62 Å². The number of carbonyl (C=O) groups is 1. The molecule has 0 aliphatic carbocycles. The number of hydrogen-bond acceptors (Lipinski definition) is 5. The van der Waals surface area contributed by atoms with Crippen LogP contribution in [0.5, 0.6) is 5.75 Å². The fraction of sp³-hybridized carbons (Fsp3) is 0.409. The lowest BCUT2D eigenvalue weighted by atomic mass is 9.90. The summed E-state index contributed by atoms with van der Waals surface area (Å²) in [5.74, 6) is -3.76. The zero-order chi connectivity index (χ0) is 23.6. The molecule has 2 aromatic carbocycles. The molecule has 0 radical (unpaired) electrons. The van der Waals surface area contributed by atoms with E-state index in [4.69, 9.17) is 9.47 Å². The zero-order valence-electron chi connectivity index (χ0n) is 17.5. The summed E-state index contributed by atoms with van der Waals surface area (Å²) >= 11 is 0. The number of piperidine rings is 1. The highest BCUT2D eigenvalue weighted by atomic mass is 32.2. The van der Waals surface area contributed by atoms with Gasteiger partial charge in [0.15, 0.2) is 0 Å². The Bertz CT molecular complexity index is 1130. The molecule has 2 aliphatic heterocycles. The maximum absolute atomic E-state index is 15.6. The summed E-state index contributed by atoms with van der Waals surface area (Å²) in [5.41, 5.74) is 1.01. The molecule has 11 heteroatoms. The Morgan fingerprint density at radius 1 is 1.03 bits per heavy atom. The number of alkyl halides is 2. The van der Waals surface area contributed by atoms with E-state index in [-0.39, 0.29) is 43.7 Å². The number of carbonyl (C=O) groups excluding carboxylic acids is 1. The van der Waals surface area contributed by atoms with Gasteiger partial charge in [0.1, 0.15) is 24.8 Å². The van der Waals surface area contributed by atoms with Gasteiger partial charge in [-0.3, -0.25) is 0 Å². The molecule has 178 valence electrons. The number of fused-ring (bicyclic) bond motifs is 5. The van der Waals surface area contributed by atoms with E-state index >= 15 is 4.39 Å². The monoisotopic (exact) mass is 484 g/mol. The summed E-state index contributed by atoms with van der Waals surface area (Å²) in [6.45, 7) is 0.146. The van der Waals surface area contributed by atoms with Crippen LogP contribution >= 0.6 is 0 Å². The van der Waals surface area contributed by atoms with Crippen LogP contribution in [0.25, 0.3) is 11.1 Å². The molecular formula is C22H23F3N2O5S. The Morgan fingerprint density at radius 3 is 2.55 bits per heavy atom. The van der Waals surface area contributed by atoms with E-state index in [9.17, 15) is 22.0 Å². The summed E-state index contributed by atoms with van der Waals surface area (Å²) in [6.07, 6.45) is -0.248. The lowest BCUT2D eigenvalue weighted by molar-refractivity contribution is 0.0558. The van der Waals surface area contributed by atoms with Gasteiger partial charge in [0.2, 0.25) is 0 Å². The quantitative estimate of drug-likeness (QED) is 0.721. The fourth-order valence-corrected chi connectivity index (χ4v) is 5.09. The molecule has 0 saturated carbocycles. The van der Waals surface area contributed by atoms with Crippen LogP contribution in [0.15, 0.2) is 42.5 Å². The van der Waals surface area contributed by atoms with E-state index in [1.807, 2.05) is 4.72 Å². The van der Waals surface area contributed by atoms with Crippen LogP contribution in [0.4, 0.5) is 18.0 Å². The van der Waals surface area contributed by atoms with Gasteiger partial charge in [-0.15, -0.1) is 0 Å². The van der Waals surface area contributed by atoms with Crippen LogP contribution in [0.1, 0.15) is 18.4 Å². The Hall–Kier alpha value is -2.79. The van der Waals surface area contributed by atoms with E-state index in [0.717, 1.165) is 0 Å². The molecule has 7 nitrogen and oxygen atoms in total. The molecule has 1 fully saturated rings.